The predicted octanol–water partition coefficient (Wildman–Crippen LogP) is 3.69. The van der Waals surface area contributed by atoms with E-state index in [1.165, 1.54) is 11.3 Å². The van der Waals surface area contributed by atoms with E-state index in [2.05, 4.69) is 19.2 Å². The number of rotatable bonds is 4. The van der Waals surface area contributed by atoms with Crippen LogP contribution in [-0.4, -0.2) is 41.6 Å². The zero-order chi connectivity index (χ0) is 17.9. The molecule has 0 aromatic carbocycles. The molecular weight excluding hydrogens is 324 g/mol. The highest BCUT2D eigenvalue weighted by Crippen LogP contribution is 2.27. The molecule has 1 aromatic rings. The monoisotopic (exact) mass is 352 g/mol. The molecule has 0 radical (unpaired) electrons. The van der Waals surface area contributed by atoms with Crippen LogP contribution in [0.5, 0.6) is 0 Å². The minimum Gasteiger partial charge on any atom is -0.444 e. The number of aryl methyl sites for hydroxylation is 1. The van der Waals surface area contributed by atoms with Crippen LogP contribution in [0.1, 0.15) is 56.3 Å². The quantitative estimate of drug-likeness (QED) is 0.899. The highest BCUT2D eigenvalue weighted by molar-refractivity contribution is 7.12. The summed E-state index contributed by atoms with van der Waals surface area (Å²) in [6, 6.07) is 2.22. The number of nitrogens with one attached hydrogen (secondary N) is 1. The van der Waals surface area contributed by atoms with E-state index in [9.17, 15) is 9.59 Å². The van der Waals surface area contributed by atoms with E-state index in [-0.39, 0.29) is 17.9 Å². The standard InChI is InChI=1S/C18H28N2O3S/c1-6-14-7-8-24-15(14)16(21)20-11-13(9-12(20)2)10-19-17(22)23-18(3,4)5/h7-8,12-13H,6,9-11H2,1-5H3,(H,19,22)/t12-,13+/m1/s1. The first-order valence-electron chi connectivity index (χ1n) is 8.55. The summed E-state index contributed by atoms with van der Waals surface area (Å²) in [5.41, 5.74) is 0.623. The second-order valence-corrected chi connectivity index (χ2v) is 8.34. The maximum Gasteiger partial charge on any atom is 0.407 e. The van der Waals surface area contributed by atoms with Gasteiger partial charge in [-0.15, -0.1) is 11.3 Å². The fourth-order valence-electron chi connectivity index (χ4n) is 3.05. The van der Waals surface area contributed by atoms with Crippen LogP contribution < -0.4 is 5.32 Å². The lowest BCUT2D eigenvalue weighted by molar-refractivity contribution is 0.0520. The van der Waals surface area contributed by atoms with Gasteiger partial charge in [0.1, 0.15) is 5.60 Å². The van der Waals surface area contributed by atoms with Gasteiger partial charge in [-0.05, 0) is 63.5 Å². The molecule has 1 fully saturated rings. The SMILES string of the molecule is CCc1ccsc1C(=O)N1C[C@H](CNC(=O)OC(C)(C)C)C[C@H]1C. The Morgan fingerprint density at radius 3 is 2.75 bits per heavy atom. The van der Waals surface area contributed by atoms with E-state index in [4.69, 9.17) is 4.74 Å². The Kier molecular flexibility index (Phi) is 5.91. The molecule has 24 heavy (non-hydrogen) atoms. The smallest absolute Gasteiger partial charge is 0.407 e. The minimum atomic E-state index is -0.495. The lowest BCUT2D eigenvalue weighted by Gasteiger charge is -2.22. The highest BCUT2D eigenvalue weighted by Gasteiger charge is 2.34. The maximum atomic E-state index is 12.8. The zero-order valence-corrected chi connectivity index (χ0v) is 16.0. The largest absolute Gasteiger partial charge is 0.444 e. The number of ether oxygens (including phenoxy) is 1. The summed E-state index contributed by atoms with van der Waals surface area (Å²) in [5.74, 6) is 0.385. The van der Waals surface area contributed by atoms with Crippen LogP contribution in [0.2, 0.25) is 0 Å². The highest BCUT2D eigenvalue weighted by atomic mass is 32.1. The molecule has 1 N–H and O–H groups in total. The van der Waals surface area contributed by atoms with Gasteiger partial charge in [0.2, 0.25) is 0 Å². The van der Waals surface area contributed by atoms with E-state index < -0.39 is 11.7 Å². The Morgan fingerprint density at radius 1 is 1.42 bits per heavy atom. The number of hydrogen-bond donors (Lipinski definition) is 1. The summed E-state index contributed by atoms with van der Waals surface area (Å²) in [6.45, 7) is 10.9. The third-order valence-corrected chi connectivity index (χ3v) is 5.12. The normalized spacial score (nSPS) is 21.0. The van der Waals surface area contributed by atoms with Gasteiger partial charge in [0.15, 0.2) is 0 Å². The van der Waals surface area contributed by atoms with Crippen LogP contribution in [0.3, 0.4) is 0 Å². The molecule has 1 aliphatic heterocycles. The molecule has 0 aliphatic carbocycles. The van der Waals surface area contributed by atoms with Crippen LogP contribution in [0, 0.1) is 5.92 Å². The Balaban J connectivity index is 1.90. The van der Waals surface area contributed by atoms with Crippen molar-refractivity contribution in [2.75, 3.05) is 13.1 Å². The number of thiophene rings is 1. The lowest BCUT2D eigenvalue weighted by Crippen LogP contribution is -2.37. The second kappa shape index (κ2) is 7.55. The maximum absolute atomic E-state index is 12.8. The Labute approximate surface area is 148 Å². The van der Waals surface area contributed by atoms with Crippen LogP contribution >= 0.6 is 11.3 Å². The molecule has 2 rings (SSSR count). The van der Waals surface area contributed by atoms with Gasteiger partial charge in [0.05, 0.1) is 4.88 Å². The van der Waals surface area contributed by atoms with E-state index in [1.807, 2.05) is 37.1 Å². The van der Waals surface area contributed by atoms with E-state index in [0.717, 1.165) is 23.3 Å². The summed E-state index contributed by atoms with van der Waals surface area (Å²) >= 11 is 1.52. The molecular formula is C18H28N2O3S. The third kappa shape index (κ3) is 4.72. The molecule has 1 aliphatic rings. The summed E-state index contributed by atoms with van der Waals surface area (Å²) < 4.78 is 5.26. The van der Waals surface area contributed by atoms with Crippen molar-refractivity contribution in [1.29, 1.82) is 0 Å². The lowest BCUT2D eigenvalue weighted by atomic mass is 10.1. The van der Waals surface area contributed by atoms with Crippen molar-refractivity contribution in [2.45, 2.75) is 59.1 Å². The van der Waals surface area contributed by atoms with Gasteiger partial charge in [-0.25, -0.2) is 4.79 Å². The van der Waals surface area contributed by atoms with Crippen molar-refractivity contribution in [2.24, 2.45) is 5.92 Å². The molecule has 2 amide bonds. The first-order valence-corrected chi connectivity index (χ1v) is 9.43. The van der Waals surface area contributed by atoms with Crippen molar-refractivity contribution < 1.29 is 14.3 Å². The minimum absolute atomic E-state index is 0.120. The zero-order valence-electron chi connectivity index (χ0n) is 15.2. The van der Waals surface area contributed by atoms with Gasteiger partial charge in [0, 0.05) is 19.1 Å². The number of carbonyl (C=O) groups excluding carboxylic acids is 2. The second-order valence-electron chi connectivity index (χ2n) is 7.42. The Bertz CT molecular complexity index is 591. The van der Waals surface area contributed by atoms with E-state index >= 15 is 0 Å². The average molecular weight is 353 g/mol. The van der Waals surface area contributed by atoms with Crippen LogP contribution in [0.25, 0.3) is 0 Å². The first-order chi connectivity index (χ1) is 11.2. The van der Waals surface area contributed by atoms with Gasteiger partial charge in [0.25, 0.3) is 5.91 Å². The van der Waals surface area contributed by atoms with Crippen LogP contribution in [-0.2, 0) is 11.2 Å². The Hall–Kier alpha value is -1.56. The number of carbonyl (C=O) groups is 2. The van der Waals surface area contributed by atoms with Crippen molar-refractivity contribution in [1.82, 2.24) is 10.2 Å². The molecule has 2 atom stereocenters. The number of likely N-dealkylation sites (tertiary alicyclic amines) is 1. The molecule has 5 nitrogen and oxygen atoms in total. The number of amides is 2. The topological polar surface area (TPSA) is 58.6 Å². The van der Waals surface area contributed by atoms with Gasteiger partial charge >= 0.3 is 6.09 Å². The van der Waals surface area contributed by atoms with Gasteiger partial charge in [-0.1, -0.05) is 6.92 Å². The molecule has 0 unspecified atom stereocenters. The molecule has 0 bridgehead atoms. The van der Waals surface area contributed by atoms with Gasteiger partial charge in [-0.3, -0.25) is 4.79 Å². The molecule has 0 saturated carbocycles. The predicted molar refractivity (Wildman–Crippen MR) is 96.5 cm³/mol. The van der Waals surface area contributed by atoms with Crippen molar-refractivity contribution >= 4 is 23.3 Å². The average Bonchev–Trinajstić information content (AvgIpc) is 3.08. The fraction of sp³-hybridized carbons (Fsp3) is 0.667. The number of hydrogen-bond acceptors (Lipinski definition) is 4. The fourth-order valence-corrected chi connectivity index (χ4v) is 4.00. The third-order valence-electron chi connectivity index (χ3n) is 4.18. The molecule has 1 aromatic heterocycles. The van der Waals surface area contributed by atoms with Gasteiger partial charge in [-0.2, -0.15) is 0 Å². The summed E-state index contributed by atoms with van der Waals surface area (Å²) in [6.07, 6.45) is 1.37. The van der Waals surface area contributed by atoms with Crippen LogP contribution in [0.15, 0.2) is 11.4 Å². The molecule has 6 heteroatoms. The molecule has 2 heterocycles. The van der Waals surface area contributed by atoms with E-state index in [0.29, 0.717) is 13.1 Å². The Morgan fingerprint density at radius 2 is 2.12 bits per heavy atom. The molecule has 0 spiro atoms. The van der Waals surface area contributed by atoms with E-state index in [1.54, 1.807) is 0 Å². The number of alkyl carbamates (subject to hydrolysis) is 1. The molecule has 1 saturated heterocycles. The first kappa shape index (κ1) is 18.8. The number of nitrogens with zero attached hydrogens (tertiary/aromatic N) is 1. The summed E-state index contributed by atoms with van der Waals surface area (Å²) in [4.78, 5) is 27.4. The molecule has 134 valence electrons. The van der Waals surface area contributed by atoms with Crippen molar-refractivity contribution in [3.05, 3.63) is 21.9 Å². The van der Waals surface area contributed by atoms with Gasteiger partial charge < -0.3 is 15.0 Å². The van der Waals surface area contributed by atoms with Crippen molar-refractivity contribution in [3.8, 4) is 0 Å². The van der Waals surface area contributed by atoms with Crippen LogP contribution in [0.4, 0.5) is 4.79 Å². The summed E-state index contributed by atoms with van der Waals surface area (Å²) in [5, 5.41) is 4.80. The van der Waals surface area contributed by atoms with Crippen molar-refractivity contribution in [3.63, 3.8) is 0 Å². The summed E-state index contributed by atoms with van der Waals surface area (Å²) in [7, 11) is 0.